The van der Waals surface area contributed by atoms with Gasteiger partial charge < -0.3 is 37.6 Å². The van der Waals surface area contributed by atoms with Crippen molar-refractivity contribution in [1.29, 1.82) is 0 Å². The quantitative estimate of drug-likeness (QED) is 0.164. The van der Waals surface area contributed by atoms with Crippen LogP contribution in [-0.2, 0) is 32.5 Å². The van der Waals surface area contributed by atoms with Gasteiger partial charge in [0.15, 0.2) is 11.2 Å². The molecule has 20 aromatic rings. The lowest BCUT2D eigenvalue weighted by Gasteiger charge is -2.51. The van der Waals surface area contributed by atoms with E-state index < -0.39 is 0 Å². The molecule has 0 N–H and O–H groups in total. The van der Waals surface area contributed by atoms with E-state index in [4.69, 9.17) is 8.83 Å². The van der Waals surface area contributed by atoms with Crippen molar-refractivity contribution in [2.45, 2.75) is 206 Å². The molecule has 0 amide bonds. The molecule has 6 aromatic heterocycles. The molecule has 0 saturated heterocycles. The number of rotatable bonds is 4. The van der Waals surface area contributed by atoms with Crippen LogP contribution in [0.3, 0.4) is 0 Å². The third kappa shape index (κ3) is 10.4. The highest BCUT2D eigenvalue weighted by molar-refractivity contribution is 7.26. The standard InChI is InChI=1S/2C60H54BN3OS/c1-57(2,3)35-26-28-45-42(31-35)59(7)29-13-14-30-60(59,8)64(45)37-33-48-52-49(34-37)63-53-41(55-54(63)40-18-9-11-23-50(40)65-55)20-15-21-44(53)61(52)43-27-25-36(58(4,5)6)32-47(43)62(48)46-22-16-19-39-38-17-10-12-24-51(38)66-56(39)46;1-57(2,3)35-26-28-44-41(31-35)59(7)29-13-14-30-60(59,8)64(44)37-33-47-53-48(34-37)63-54-40(56-55(63)38-17-9-11-22-49(38)65-56)19-15-20-43(54)61(53)42-27-25-36(58(4,5)6)32-46(42)62(47)45-21-16-24-51-52(45)39-18-10-12-23-50(39)66-51/h2*9-12,15-28,31-34H,13-14,29-30H2,1-8H3. The number of para-hydroxylation sites is 4. The van der Waals surface area contributed by atoms with Crippen molar-refractivity contribution in [2.75, 3.05) is 19.6 Å². The zero-order valence-electron chi connectivity index (χ0n) is 78.5. The van der Waals surface area contributed by atoms with Crippen LogP contribution in [0.2, 0.25) is 0 Å². The van der Waals surface area contributed by atoms with E-state index in [1.807, 2.05) is 22.7 Å². The molecular weight excluding hydrogens is 1640 g/mol. The van der Waals surface area contributed by atoms with E-state index in [0.717, 1.165) is 57.0 Å². The monoisotopic (exact) mass is 1750 g/mol. The number of benzene rings is 14. The molecule has 132 heavy (non-hydrogen) atoms. The van der Waals surface area contributed by atoms with Crippen molar-refractivity contribution in [2.24, 2.45) is 0 Å². The molecule has 14 aromatic carbocycles. The van der Waals surface area contributed by atoms with Gasteiger partial charge in [-0.15, -0.1) is 22.7 Å². The van der Waals surface area contributed by atoms with Crippen LogP contribution in [0.4, 0.5) is 56.9 Å². The van der Waals surface area contributed by atoms with Gasteiger partial charge >= 0.3 is 0 Å². The topological polar surface area (TPSA) is 49.1 Å². The number of thiophene rings is 2. The minimum atomic E-state index is -0.138. The van der Waals surface area contributed by atoms with Gasteiger partial charge in [0, 0.05) is 125 Å². The largest absolute Gasteiger partial charge is 0.454 e. The van der Waals surface area contributed by atoms with Gasteiger partial charge in [-0.3, -0.25) is 0 Å². The molecule has 12 heteroatoms. The SMILES string of the molecule is CC(C)(C)c1ccc2c(c1)N(c1cccc3c1sc1ccccc13)c1cc(N3c4ccc(C(C)(C)C)cc4C4(C)CCCCC34C)cc3c1B2c1cccc2c4oc5ccccc5c4n-3c12.CC(C)(C)c1ccc2c(c1)N(c1cccc3sc4ccccc4c13)c1cc(N3c4ccc(C(C)(C)C)cc4C4(C)CCCCC34C)cc3c1B2c1cccc2c4oc5ccccc5c4n-3c12. The summed E-state index contributed by atoms with van der Waals surface area (Å²) in [7, 11) is 0. The molecule has 0 radical (unpaired) electrons. The first-order valence-corrected chi connectivity index (χ1v) is 50.0. The molecule has 2 aliphatic carbocycles. The first-order chi connectivity index (χ1) is 63.5. The van der Waals surface area contributed by atoms with Crippen LogP contribution < -0.4 is 52.4 Å². The Morgan fingerprint density at radius 2 is 0.682 bits per heavy atom. The molecule has 0 bridgehead atoms. The van der Waals surface area contributed by atoms with Gasteiger partial charge in [-0.2, -0.15) is 0 Å². The van der Waals surface area contributed by atoms with Gasteiger partial charge in [0.2, 0.25) is 0 Å². The summed E-state index contributed by atoms with van der Waals surface area (Å²) in [5.74, 6) is 0. The normalized spacial score (nSPS) is 19.9. The average Bonchev–Trinajstić information content (AvgIpc) is 1.38. The number of anilines is 10. The highest BCUT2D eigenvalue weighted by Crippen LogP contribution is 2.65. The van der Waals surface area contributed by atoms with Crippen LogP contribution >= 0.6 is 22.7 Å². The molecule has 2 saturated carbocycles. The van der Waals surface area contributed by atoms with E-state index in [-0.39, 0.29) is 57.0 Å². The maximum absolute atomic E-state index is 6.93. The van der Waals surface area contributed by atoms with Crippen molar-refractivity contribution in [3.63, 3.8) is 0 Å². The molecule has 8 nitrogen and oxygen atoms in total. The minimum Gasteiger partial charge on any atom is -0.454 e. The van der Waals surface area contributed by atoms with Crippen molar-refractivity contribution in [1.82, 2.24) is 9.13 Å². The van der Waals surface area contributed by atoms with Crippen LogP contribution in [0.25, 0.3) is 118 Å². The Hall–Kier alpha value is -12.5. The molecule has 4 unspecified atom stereocenters. The lowest BCUT2D eigenvalue weighted by molar-refractivity contribution is 0.195. The van der Waals surface area contributed by atoms with Crippen molar-refractivity contribution < 1.29 is 8.83 Å². The van der Waals surface area contributed by atoms with Crippen LogP contribution in [0, 0.1) is 0 Å². The van der Waals surface area contributed by atoms with Gasteiger partial charge in [0.1, 0.15) is 22.2 Å². The Balaban J connectivity index is 0.000000135. The molecule has 6 aliphatic heterocycles. The Morgan fingerprint density at radius 1 is 0.295 bits per heavy atom. The first kappa shape index (κ1) is 79.3. The number of aromatic nitrogens is 2. The predicted molar refractivity (Wildman–Crippen MR) is 566 cm³/mol. The zero-order valence-corrected chi connectivity index (χ0v) is 80.2. The van der Waals surface area contributed by atoms with Crippen LogP contribution in [-0.4, -0.2) is 33.6 Å². The van der Waals surface area contributed by atoms with E-state index >= 15 is 0 Å². The highest BCUT2D eigenvalue weighted by Gasteiger charge is 2.61. The molecule has 28 rings (SSSR count). The summed E-state index contributed by atoms with van der Waals surface area (Å²) in [5.41, 5.74) is 40.1. The van der Waals surface area contributed by atoms with E-state index in [0.29, 0.717) is 0 Å². The smallest absolute Gasteiger partial charge is 0.252 e. The molecule has 12 heterocycles. The maximum Gasteiger partial charge on any atom is 0.252 e. The fourth-order valence-corrected chi connectivity index (χ4v) is 28.9. The third-order valence-corrected chi connectivity index (χ3v) is 36.0. The lowest BCUT2D eigenvalue weighted by Crippen LogP contribution is -2.60. The Morgan fingerprint density at radius 3 is 1.18 bits per heavy atom. The number of hydrogen-bond acceptors (Lipinski definition) is 8. The average molecular weight is 1750 g/mol. The molecule has 8 aliphatic rings. The van der Waals surface area contributed by atoms with Gasteiger partial charge in [-0.05, 0) is 243 Å². The number of furan rings is 2. The minimum absolute atomic E-state index is 0.0138. The molecule has 4 atom stereocenters. The molecule has 2 fully saturated rings. The Labute approximate surface area is 781 Å². The second kappa shape index (κ2) is 26.7. The number of fused-ring (bicyclic) bond motifs is 30. The van der Waals surface area contributed by atoms with E-state index in [2.05, 4.69) is 406 Å². The second-order valence-electron chi connectivity index (χ2n) is 44.9. The molecule has 0 spiro atoms. The molecular formula is C120H108B2N6O2S2. The van der Waals surface area contributed by atoms with E-state index in [1.165, 1.54) is 235 Å². The van der Waals surface area contributed by atoms with Gasteiger partial charge in [0.05, 0.1) is 38.2 Å². The summed E-state index contributed by atoms with van der Waals surface area (Å²) in [6, 6.07) is 103. The van der Waals surface area contributed by atoms with E-state index in [9.17, 15) is 0 Å². The summed E-state index contributed by atoms with van der Waals surface area (Å²) in [6.07, 6.45) is 9.56. The predicted octanol–water partition coefficient (Wildman–Crippen LogP) is 29.7. The summed E-state index contributed by atoms with van der Waals surface area (Å²) in [4.78, 5) is 11.0. The fraction of sp³-hybridized carbons (Fsp3) is 0.267. The summed E-state index contributed by atoms with van der Waals surface area (Å²) in [5, 5.41) is 9.91. The fourth-order valence-electron chi connectivity index (χ4n) is 26.5. The maximum atomic E-state index is 6.93. The van der Waals surface area contributed by atoms with Crippen molar-refractivity contribution in [3.05, 3.63) is 300 Å². The molecule has 648 valence electrons. The summed E-state index contributed by atoms with van der Waals surface area (Å²) < 4.78 is 24.3. The van der Waals surface area contributed by atoms with Gasteiger partial charge in [-0.1, -0.05) is 274 Å². The third-order valence-electron chi connectivity index (χ3n) is 33.7. The summed E-state index contributed by atoms with van der Waals surface area (Å²) >= 11 is 3.82. The van der Waals surface area contributed by atoms with Crippen molar-refractivity contribution >= 4 is 232 Å². The second-order valence-corrected chi connectivity index (χ2v) is 47.0. The lowest BCUT2D eigenvalue weighted by atomic mass is 9.33. The Kier molecular flexibility index (Phi) is 16.1. The summed E-state index contributed by atoms with van der Waals surface area (Å²) in [6.45, 7) is 38.6. The van der Waals surface area contributed by atoms with Crippen LogP contribution in [0.15, 0.2) is 276 Å². The van der Waals surface area contributed by atoms with Gasteiger partial charge in [-0.25, -0.2) is 0 Å². The van der Waals surface area contributed by atoms with E-state index in [1.54, 1.807) is 0 Å². The number of nitrogens with zero attached hydrogens (tertiary/aromatic N) is 6. The number of hydrogen-bond donors (Lipinski definition) is 0. The van der Waals surface area contributed by atoms with Gasteiger partial charge in [0.25, 0.3) is 13.4 Å². The zero-order chi connectivity index (χ0) is 89.6. The highest BCUT2D eigenvalue weighted by atomic mass is 32.1. The van der Waals surface area contributed by atoms with Crippen LogP contribution in [0.1, 0.15) is 196 Å². The Bertz CT molecular complexity index is 8500. The van der Waals surface area contributed by atoms with Crippen molar-refractivity contribution in [3.8, 4) is 11.4 Å². The first-order valence-electron chi connectivity index (χ1n) is 48.4. The van der Waals surface area contributed by atoms with Crippen LogP contribution in [0.5, 0.6) is 0 Å².